The van der Waals surface area contributed by atoms with Crippen LogP contribution in [0.3, 0.4) is 0 Å². The monoisotopic (exact) mass is 396 g/mol. The van der Waals surface area contributed by atoms with Crippen LogP contribution in [-0.2, 0) is 9.53 Å². The van der Waals surface area contributed by atoms with Gasteiger partial charge < -0.3 is 15.4 Å². The molecule has 0 saturated heterocycles. The van der Waals surface area contributed by atoms with E-state index >= 15 is 0 Å². The number of anilines is 1. The van der Waals surface area contributed by atoms with E-state index in [1.54, 1.807) is 29.3 Å². The van der Waals surface area contributed by atoms with Gasteiger partial charge in [-0.05, 0) is 36.1 Å². The number of nitrogens with one attached hydrogen (secondary N) is 2. The summed E-state index contributed by atoms with van der Waals surface area (Å²) in [6.07, 6.45) is 0. The normalized spacial score (nSPS) is 14.4. The predicted molar refractivity (Wildman–Crippen MR) is 113 cm³/mol. The van der Waals surface area contributed by atoms with Crippen molar-refractivity contribution in [2.24, 2.45) is 0 Å². The van der Waals surface area contributed by atoms with Crippen molar-refractivity contribution in [1.82, 2.24) is 5.32 Å². The second-order valence-corrected chi connectivity index (χ2v) is 7.68. The number of carbonyl (C=O) groups excluding carboxylic acids is 2. The Morgan fingerprint density at radius 3 is 2.64 bits per heavy atom. The lowest BCUT2D eigenvalue weighted by molar-refractivity contribution is -0.116. The molecule has 2 aromatic carbocycles. The maximum atomic E-state index is 12.6. The van der Waals surface area contributed by atoms with E-state index in [0.717, 1.165) is 11.3 Å². The number of amides is 2. The summed E-state index contributed by atoms with van der Waals surface area (Å²) in [7, 11) is 0. The molecule has 0 aromatic heterocycles. The summed E-state index contributed by atoms with van der Waals surface area (Å²) in [4.78, 5) is 24.9. The van der Waals surface area contributed by atoms with Crippen molar-refractivity contribution in [2.75, 3.05) is 24.2 Å². The van der Waals surface area contributed by atoms with Crippen LogP contribution >= 0.6 is 11.8 Å². The summed E-state index contributed by atoms with van der Waals surface area (Å²) in [5.74, 6) is 0.893. The van der Waals surface area contributed by atoms with Gasteiger partial charge in [0.15, 0.2) is 5.76 Å². The van der Waals surface area contributed by atoms with Crippen molar-refractivity contribution in [2.45, 2.75) is 19.8 Å². The van der Waals surface area contributed by atoms with E-state index in [9.17, 15) is 9.59 Å². The van der Waals surface area contributed by atoms with E-state index in [1.165, 1.54) is 5.56 Å². The van der Waals surface area contributed by atoms with E-state index < -0.39 is 0 Å². The first-order chi connectivity index (χ1) is 13.5. The molecule has 1 aliphatic heterocycles. The molecule has 0 fully saturated rings. The van der Waals surface area contributed by atoms with Crippen LogP contribution in [0.1, 0.15) is 34.3 Å². The fraction of sp³-hybridized carbons (Fsp3) is 0.273. The Kier molecular flexibility index (Phi) is 6.76. The zero-order valence-corrected chi connectivity index (χ0v) is 16.8. The average molecular weight is 397 g/mol. The summed E-state index contributed by atoms with van der Waals surface area (Å²) < 4.78 is 5.39. The number of carbonyl (C=O) groups is 2. The van der Waals surface area contributed by atoms with Crippen LogP contribution in [-0.4, -0.2) is 30.7 Å². The number of benzene rings is 2. The van der Waals surface area contributed by atoms with Crippen molar-refractivity contribution in [3.8, 4) is 0 Å². The molecular weight excluding hydrogens is 372 g/mol. The SMILES string of the molecule is Cc1ccc(C(=O)NC[C@@H](C)c2ccccc2)cc1NC(=O)C1=CSCCO1. The molecule has 0 spiro atoms. The van der Waals surface area contributed by atoms with Gasteiger partial charge in [-0.25, -0.2) is 0 Å². The summed E-state index contributed by atoms with van der Waals surface area (Å²) in [6.45, 7) is 5.02. The van der Waals surface area contributed by atoms with Crippen LogP contribution in [0.5, 0.6) is 0 Å². The van der Waals surface area contributed by atoms with Crippen LogP contribution in [0.2, 0.25) is 0 Å². The summed E-state index contributed by atoms with van der Waals surface area (Å²) in [5.41, 5.74) is 3.17. The highest BCUT2D eigenvalue weighted by Crippen LogP contribution is 2.21. The van der Waals surface area contributed by atoms with Gasteiger partial charge in [-0.15, -0.1) is 11.8 Å². The lowest BCUT2D eigenvalue weighted by Crippen LogP contribution is -2.27. The van der Waals surface area contributed by atoms with E-state index in [0.29, 0.717) is 30.2 Å². The predicted octanol–water partition coefficient (Wildman–Crippen LogP) is 4.07. The third-order valence-corrected chi connectivity index (χ3v) is 5.34. The number of rotatable bonds is 6. The number of hydrogen-bond donors (Lipinski definition) is 2. The molecule has 0 saturated carbocycles. The molecule has 1 heterocycles. The molecular formula is C22H24N2O3S. The lowest BCUT2D eigenvalue weighted by Gasteiger charge is -2.16. The number of hydrogen-bond acceptors (Lipinski definition) is 4. The fourth-order valence-electron chi connectivity index (χ4n) is 2.82. The van der Waals surface area contributed by atoms with Gasteiger partial charge in [0, 0.05) is 29.0 Å². The Morgan fingerprint density at radius 2 is 1.93 bits per heavy atom. The second-order valence-electron chi connectivity index (χ2n) is 6.71. The van der Waals surface area contributed by atoms with Gasteiger partial charge in [-0.1, -0.05) is 43.3 Å². The molecule has 0 bridgehead atoms. The molecule has 1 atom stereocenters. The first-order valence-electron chi connectivity index (χ1n) is 9.24. The maximum Gasteiger partial charge on any atom is 0.291 e. The third kappa shape index (κ3) is 5.16. The van der Waals surface area contributed by atoms with Gasteiger partial charge in [0.2, 0.25) is 0 Å². The van der Waals surface area contributed by atoms with Gasteiger partial charge in [0.1, 0.15) is 0 Å². The molecule has 3 rings (SSSR count). The number of ether oxygens (including phenoxy) is 1. The molecule has 146 valence electrons. The van der Waals surface area contributed by atoms with E-state index in [1.807, 2.05) is 31.2 Å². The van der Waals surface area contributed by atoms with Crippen LogP contribution in [0.4, 0.5) is 5.69 Å². The van der Waals surface area contributed by atoms with Gasteiger partial charge in [-0.2, -0.15) is 0 Å². The largest absolute Gasteiger partial charge is 0.487 e. The van der Waals surface area contributed by atoms with E-state index in [4.69, 9.17) is 4.74 Å². The highest BCUT2D eigenvalue weighted by Gasteiger charge is 2.17. The van der Waals surface area contributed by atoms with Crippen molar-refractivity contribution >= 4 is 29.3 Å². The highest BCUT2D eigenvalue weighted by atomic mass is 32.2. The third-order valence-electron chi connectivity index (χ3n) is 4.56. The number of aryl methyl sites for hydroxylation is 1. The topological polar surface area (TPSA) is 67.4 Å². The van der Waals surface area contributed by atoms with Crippen LogP contribution in [0, 0.1) is 6.92 Å². The van der Waals surface area contributed by atoms with Gasteiger partial charge >= 0.3 is 0 Å². The average Bonchev–Trinajstić information content (AvgIpc) is 2.74. The molecule has 28 heavy (non-hydrogen) atoms. The fourth-order valence-corrected chi connectivity index (χ4v) is 3.44. The first-order valence-corrected chi connectivity index (χ1v) is 10.3. The summed E-state index contributed by atoms with van der Waals surface area (Å²) >= 11 is 1.55. The minimum absolute atomic E-state index is 0.165. The van der Waals surface area contributed by atoms with E-state index in [2.05, 4.69) is 29.7 Å². The quantitative estimate of drug-likeness (QED) is 0.772. The van der Waals surface area contributed by atoms with Gasteiger partial charge in [0.05, 0.1) is 6.61 Å². The highest BCUT2D eigenvalue weighted by molar-refractivity contribution is 8.02. The van der Waals surface area contributed by atoms with Crippen molar-refractivity contribution < 1.29 is 14.3 Å². The second kappa shape index (κ2) is 9.46. The zero-order chi connectivity index (χ0) is 19.9. The molecule has 2 aromatic rings. The van der Waals surface area contributed by atoms with Gasteiger partial charge in [-0.3, -0.25) is 9.59 Å². The molecule has 2 N–H and O–H groups in total. The molecule has 2 amide bonds. The maximum absolute atomic E-state index is 12.6. The standard InChI is InChI=1S/C22H24N2O3S/c1-15-8-9-18(12-19(15)24-22(26)20-14-28-11-10-27-20)21(25)23-13-16(2)17-6-4-3-5-7-17/h3-9,12,14,16H,10-11,13H2,1-2H3,(H,23,25)(H,24,26)/t16-/m1/s1. The molecule has 0 unspecified atom stereocenters. The minimum atomic E-state index is -0.300. The first kappa shape index (κ1) is 20.0. The summed E-state index contributed by atoms with van der Waals surface area (Å²) in [6, 6.07) is 15.4. The Bertz CT molecular complexity index is 881. The van der Waals surface area contributed by atoms with Gasteiger partial charge in [0.25, 0.3) is 11.8 Å². The van der Waals surface area contributed by atoms with Crippen LogP contribution in [0.15, 0.2) is 59.7 Å². The van der Waals surface area contributed by atoms with Crippen molar-refractivity contribution in [3.63, 3.8) is 0 Å². The van der Waals surface area contributed by atoms with E-state index in [-0.39, 0.29) is 17.7 Å². The molecule has 5 nitrogen and oxygen atoms in total. The minimum Gasteiger partial charge on any atom is -0.487 e. The molecule has 1 aliphatic rings. The molecule has 0 radical (unpaired) electrons. The summed E-state index contributed by atoms with van der Waals surface area (Å²) in [5, 5.41) is 7.53. The van der Waals surface area contributed by atoms with Crippen molar-refractivity contribution in [3.05, 3.63) is 76.4 Å². The number of thioether (sulfide) groups is 1. The Morgan fingerprint density at radius 1 is 1.14 bits per heavy atom. The van der Waals surface area contributed by atoms with Crippen LogP contribution < -0.4 is 10.6 Å². The Balaban J connectivity index is 1.64. The smallest absolute Gasteiger partial charge is 0.291 e. The Labute approximate surface area is 169 Å². The zero-order valence-electron chi connectivity index (χ0n) is 16.0. The molecule has 6 heteroatoms. The molecule has 0 aliphatic carbocycles. The van der Waals surface area contributed by atoms with Crippen molar-refractivity contribution in [1.29, 1.82) is 0 Å². The lowest BCUT2D eigenvalue weighted by atomic mass is 10.0. The van der Waals surface area contributed by atoms with Crippen LogP contribution in [0.25, 0.3) is 0 Å². The Hall–Kier alpha value is -2.73.